The van der Waals surface area contributed by atoms with Crippen LogP contribution in [0.25, 0.3) is 0 Å². The number of benzene rings is 2. The van der Waals surface area contributed by atoms with E-state index >= 15 is 0 Å². The van der Waals surface area contributed by atoms with Crippen LogP contribution in [0.4, 0.5) is 18.9 Å². The predicted octanol–water partition coefficient (Wildman–Crippen LogP) is 3.55. The Morgan fingerprint density at radius 1 is 0.826 bits per heavy atom. The van der Waals surface area contributed by atoms with Crippen molar-refractivity contribution < 1.29 is 37.1 Å². The largest absolute Gasteiger partial charge is 0.494 e. The summed E-state index contributed by atoms with van der Waals surface area (Å²) in [6.45, 7) is 6.55. The number of piperazine rings is 1. The van der Waals surface area contributed by atoms with Gasteiger partial charge in [0.2, 0.25) is 11.8 Å². The van der Waals surface area contributed by atoms with E-state index in [-0.39, 0.29) is 12.8 Å². The predicted molar refractivity (Wildman–Crippen MR) is 163 cm³/mol. The highest BCUT2D eigenvalue weighted by Gasteiger charge is 2.46. The molecule has 4 aliphatic heterocycles. The molecule has 10 nitrogen and oxygen atoms in total. The number of nitrogens with one attached hydrogen (secondary N) is 1. The van der Waals surface area contributed by atoms with Crippen molar-refractivity contribution in [2.45, 2.75) is 56.8 Å². The number of amides is 4. The molecule has 0 spiro atoms. The molecule has 2 aromatic rings. The first-order chi connectivity index (χ1) is 22.1. The highest BCUT2D eigenvalue weighted by Crippen LogP contribution is 2.35. The minimum atomic E-state index is -4.35. The van der Waals surface area contributed by atoms with Crippen molar-refractivity contribution in [2.24, 2.45) is 0 Å². The molecule has 0 aromatic heterocycles. The van der Waals surface area contributed by atoms with E-state index in [1.165, 1.54) is 12.1 Å². The van der Waals surface area contributed by atoms with Crippen LogP contribution in [-0.2, 0) is 15.8 Å². The molecular formula is C33H38F3N5O5. The number of ether oxygens (including phenoxy) is 1. The number of carbonyl (C=O) groups is 4. The second-order valence-electron chi connectivity index (χ2n) is 12.3. The SMILES string of the molecule is O=C1CCC(N2C(=O)c3cccc(N4CCN(C5CCN(CCCCOc6ccc(C(F)(F)F)cc6)CC5)CC4)c3C2=O)C(=O)N1. The van der Waals surface area contributed by atoms with E-state index in [1.807, 2.05) is 6.07 Å². The Bertz CT molecular complexity index is 1470. The van der Waals surface area contributed by atoms with Gasteiger partial charge in [-0.05, 0) is 88.1 Å². The Morgan fingerprint density at radius 3 is 2.22 bits per heavy atom. The average molecular weight is 642 g/mol. The van der Waals surface area contributed by atoms with Crippen LogP contribution in [0.5, 0.6) is 5.75 Å². The Balaban J connectivity index is 0.936. The van der Waals surface area contributed by atoms with Crippen LogP contribution in [0.15, 0.2) is 42.5 Å². The van der Waals surface area contributed by atoms with Gasteiger partial charge in [0.05, 0.1) is 29.0 Å². The van der Waals surface area contributed by atoms with Crippen LogP contribution < -0.4 is 15.0 Å². The standard InChI is InChI=1S/C33H38F3N5O5/c34-33(35,36)22-6-8-24(9-7-22)46-21-2-1-14-38-15-12-23(13-16-38)39-17-19-40(20-18-39)26-5-3-4-25-29(26)32(45)41(31(25)44)27-10-11-28(42)37-30(27)43/h3-9,23,27H,1-2,10-21H2,(H,37,42,43). The van der Waals surface area contributed by atoms with Gasteiger partial charge < -0.3 is 14.5 Å². The van der Waals surface area contributed by atoms with Crippen LogP contribution in [0.3, 0.4) is 0 Å². The second-order valence-corrected chi connectivity index (χ2v) is 12.3. The van der Waals surface area contributed by atoms with E-state index in [4.69, 9.17) is 4.74 Å². The summed E-state index contributed by atoms with van der Waals surface area (Å²) in [5, 5.41) is 2.24. The number of imide groups is 2. The van der Waals surface area contributed by atoms with E-state index < -0.39 is 41.4 Å². The fourth-order valence-electron chi connectivity index (χ4n) is 6.96. The van der Waals surface area contributed by atoms with Gasteiger partial charge >= 0.3 is 6.18 Å². The minimum Gasteiger partial charge on any atom is -0.494 e. The third-order valence-electron chi connectivity index (χ3n) is 9.49. The third-order valence-corrected chi connectivity index (χ3v) is 9.49. The summed E-state index contributed by atoms with van der Waals surface area (Å²) in [4.78, 5) is 58.9. The summed E-state index contributed by atoms with van der Waals surface area (Å²) in [7, 11) is 0. The molecule has 0 bridgehead atoms. The molecule has 246 valence electrons. The van der Waals surface area contributed by atoms with Crippen molar-refractivity contribution >= 4 is 29.3 Å². The fourth-order valence-corrected chi connectivity index (χ4v) is 6.96. The molecule has 0 saturated carbocycles. The smallest absolute Gasteiger partial charge is 0.416 e. The molecule has 6 rings (SSSR count). The van der Waals surface area contributed by atoms with Crippen molar-refractivity contribution in [2.75, 3.05) is 57.3 Å². The van der Waals surface area contributed by atoms with E-state index in [1.54, 1.807) is 12.1 Å². The monoisotopic (exact) mass is 641 g/mol. The number of carbonyl (C=O) groups excluding carboxylic acids is 4. The number of nitrogens with zero attached hydrogens (tertiary/aromatic N) is 4. The number of hydrogen-bond acceptors (Lipinski definition) is 8. The molecule has 3 saturated heterocycles. The van der Waals surface area contributed by atoms with Crippen LogP contribution >= 0.6 is 0 Å². The number of anilines is 1. The Labute approximate surface area is 265 Å². The summed E-state index contributed by atoms with van der Waals surface area (Å²) >= 11 is 0. The Hall–Kier alpha value is -3.97. The second kappa shape index (κ2) is 13.4. The van der Waals surface area contributed by atoms with E-state index in [9.17, 15) is 32.3 Å². The summed E-state index contributed by atoms with van der Waals surface area (Å²) in [5.41, 5.74) is 0.665. The lowest BCUT2D eigenvalue weighted by molar-refractivity contribution is -0.138. The molecule has 0 aliphatic carbocycles. The maximum atomic E-state index is 13.5. The molecule has 2 aromatic carbocycles. The molecule has 4 amide bonds. The highest BCUT2D eigenvalue weighted by molar-refractivity contribution is 6.25. The maximum Gasteiger partial charge on any atom is 0.416 e. The lowest BCUT2D eigenvalue weighted by atomic mass is 10.0. The third kappa shape index (κ3) is 6.75. The number of hydrogen-bond donors (Lipinski definition) is 1. The zero-order chi connectivity index (χ0) is 32.4. The quantitative estimate of drug-likeness (QED) is 0.328. The lowest BCUT2D eigenvalue weighted by Crippen LogP contribution is -2.54. The number of piperidine rings is 2. The van der Waals surface area contributed by atoms with Gasteiger partial charge in [0.1, 0.15) is 11.8 Å². The van der Waals surface area contributed by atoms with Crippen LogP contribution in [0.2, 0.25) is 0 Å². The first-order valence-electron chi connectivity index (χ1n) is 16.0. The van der Waals surface area contributed by atoms with Gasteiger partial charge in [0.15, 0.2) is 0 Å². The van der Waals surface area contributed by atoms with Crippen molar-refractivity contribution in [3.8, 4) is 5.75 Å². The number of likely N-dealkylation sites (tertiary alicyclic amines) is 1. The fraction of sp³-hybridized carbons (Fsp3) is 0.515. The van der Waals surface area contributed by atoms with Gasteiger partial charge in [-0.25, -0.2) is 0 Å². The molecule has 1 atom stereocenters. The van der Waals surface area contributed by atoms with Crippen LogP contribution in [-0.4, -0.2) is 103 Å². The van der Waals surface area contributed by atoms with Gasteiger partial charge in [-0.2, -0.15) is 13.2 Å². The molecular weight excluding hydrogens is 603 g/mol. The van der Waals surface area contributed by atoms with Crippen LogP contribution in [0, 0.1) is 0 Å². The summed E-state index contributed by atoms with van der Waals surface area (Å²) in [5.74, 6) is -1.54. The maximum absolute atomic E-state index is 13.5. The molecule has 1 N–H and O–H groups in total. The zero-order valence-electron chi connectivity index (χ0n) is 25.6. The molecule has 4 heterocycles. The number of halogens is 3. The molecule has 1 unspecified atom stereocenters. The minimum absolute atomic E-state index is 0.0845. The molecule has 13 heteroatoms. The van der Waals surface area contributed by atoms with Crippen molar-refractivity contribution in [3.63, 3.8) is 0 Å². The summed E-state index contributed by atoms with van der Waals surface area (Å²) in [6, 6.07) is 9.55. The van der Waals surface area contributed by atoms with Gasteiger partial charge in [0.25, 0.3) is 11.8 Å². The molecule has 46 heavy (non-hydrogen) atoms. The highest BCUT2D eigenvalue weighted by atomic mass is 19.4. The lowest BCUT2D eigenvalue weighted by Gasteiger charge is -2.43. The van der Waals surface area contributed by atoms with Gasteiger partial charge in [-0.3, -0.25) is 34.3 Å². The van der Waals surface area contributed by atoms with E-state index in [0.717, 1.165) is 88.5 Å². The van der Waals surface area contributed by atoms with E-state index in [0.29, 0.717) is 35.2 Å². The first kappa shape index (κ1) is 32.0. The van der Waals surface area contributed by atoms with Gasteiger partial charge in [0, 0.05) is 38.6 Å². The zero-order valence-corrected chi connectivity index (χ0v) is 25.6. The number of unbranched alkanes of at least 4 members (excludes halogenated alkanes) is 1. The molecule has 4 aliphatic rings. The van der Waals surface area contributed by atoms with Gasteiger partial charge in [-0.15, -0.1) is 0 Å². The normalized spacial score (nSPS) is 21.9. The first-order valence-corrected chi connectivity index (χ1v) is 16.0. The number of fused-ring (bicyclic) bond motifs is 1. The Kier molecular flexibility index (Phi) is 9.32. The Morgan fingerprint density at radius 2 is 1.54 bits per heavy atom. The average Bonchev–Trinajstić information content (AvgIpc) is 3.30. The number of alkyl halides is 3. The molecule has 3 fully saturated rings. The number of rotatable bonds is 9. The van der Waals surface area contributed by atoms with Crippen molar-refractivity contribution in [3.05, 3.63) is 59.2 Å². The molecule has 0 radical (unpaired) electrons. The van der Waals surface area contributed by atoms with E-state index in [2.05, 4.69) is 20.0 Å². The van der Waals surface area contributed by atoms with Gasteiger partial charge in [-0.1, -0.05) is 6.07 Å². The summed E-state index contributed by atoms with van der Waals surface area (Å²) in [6.07, 6.45) is -0.227. The van der Waals surface area contributed by atoms with Crippen molar-refractivity contribution in [1.82, 2.24) is 20.0 Å². The van der Waals surface area contributed by atoms with Crippen LogP contribution in [0.1, 0.15) is 64.8 Å². The topological polar surface area (TPSA) is 102 Å². The summed E-state index contributed by atoms with van der Waals surface area (Å²) < 4.78 is 43.7. The van der Waals surface area contributed by atoms with Crippen molar-refractivity contribution in [1.29, 1.82) is 0 Å².